The molecule has 0 aliphatic carbocycles. The summed E-state index contributed by atoms with van der Waals surface area (Å²) in [5, 5.41) is 7.59. The zero-order chi connectivity index (χ0) is 19.6. The fourth-order valence-electron chi connectivity index (χ4n) is 2.74. The zero-order valence-electron chi connectivity index (χ0n) is 16.7. The van der Waals surface area contributed by atoms with Crippen molar-refractivity contribution in [1.29, 1.82) is 0 Å². The molecule has 7 heteroatoms. The predicted octanol–water partition coefficient (Wildman–Crippen LogP) is 4.87. The van der Waals surface area contributed by atoms with Gasteiger partial charge in [0.2, 0.25) is 0 Å². The van der Waals surface area contributed by atoms with Crippen LogP contribution in [0.4, 0.5) is 0 Å². The monoisotopic (exact) mass is 522 g/mol. The summed E-state index contributed by atoms with van der Waals surface area (Å²) in [4.78, 5) is 10.1. The van der Waals surface area contributed by atoms with Gasteiger partial charge >= 0.3 is 0 Å². The maximum Gasteiger partial charge on any atom is 0.191 e. The smallest absolute Gasteiger partial charge is 0.191 e. The molecular weight excluding hydrogens is 495 g/mol. The van der Waals surface area contributed by atoms with E-state index in [0.717, 1.165) is 34.4 Å². The van der Waals surface area contributed by atoms with Crippen LogP contribution in [0.1, 0.15) is 16.8 Å². The number of aryl methyl sites for hydroxylation is 1. The number of nitrogens with one attached hydrogen (secondary N) is 2. The molecule has 0 fully saturated rings. The largest absolute Gasteiger partial charge is 0.491 e. The van der Waals surface area contributed by atoms with Crippen LogP contribution in [0.3, 0.4) is 0 Å². The van der Waals surface area contributed by atoms with E-state index in [1.54, 1.807) is 11.3 Å². The maximum atomic E-state index is 6.03. The number of nitrogens with zero attached hydrogens (tertiary/aromatic N) is 2. The average Bonchev–Trinajstić information content (AvgIpc) is 3.15. The van der Waals surface area contributed by atoms with Crippen LogP contribution in [0, 0.1) is 6.92 Å². The molecule has 0 unspecified atom stereocenters. The van der Waals surface area contributed by atoms with E-state index in [4.69, 9.17) is 4.74 Å². The second kappa shape index (κ2) is 12.4. The fourth-order valence-corrected chi connectivity index (χ4v) is 3.45. The highest BCUT2D eigenvalue weighted by atomic mass is 127. The first-order chi connectivity index (χ1) is 13.8. The first kappa shape index (κ1) is 23.2. The van der Waals surface area contributed by atoms with Crippen molar-refractivity contribution in [2.75, 3.05) is 19.7 Å². The molecule has 0 saturated heterocycles. The summed E-state index contributed by atoms with van der Waals surface area (Å²) in [6.07, 6.45) is 1.88. The maximum absolute atomic E-state index is 6.03. The number of ether oxygens (including phenoxy) is 1. The van der Waals surface area contributed by atoms with Crippen LogP contribution in [0.15, 0.2) is 65.8 Å². The van der Waals surface area contributed by atoms with E-state index in [0.29, 0.717) is 19.7 Å². The van der Waals surface area contributed by atoms with Gasteiger partial charge in [0, 0.05) is 23.2 Å². The summed E-state index contributed by atoms with van der Waals surface area (Å²) in [7, 11) is 0. The fraction of sp³-hybridized carbons (Fsp3) is 0.273. The number of hydrogen-bond acceptors (Lipinski definition) is 4. The van der Waals surface area contributed by atoms with E-state index in [2.05, 4.69) is 52.7 Å². The number of halogens is 1. The van der Waals surface area contributed by atoms with Crippen molar-refractivity contribution in [2.24, 2.45) is 4.99 Å². The Balaban J connectivity index is 0.00000300. The lowest BCUT2D eigenvalue weighted by molar-refractivity contribution is 0.323. The molecule has 3 rings (SSSR count). The first-order valence-corrected chi connectivity index (χ1v) is 10.3. The van der Waals surface area contributed by atoms with Crippen molar-refractivity contribution >= 4 is 41.3 Å². The highest BCUT2D eigenvalue weighted by molar-refractivity contribution is 14.0. The van der Waals surface area contributed by atoms with Crippen LogP contribution < -0.4 is 15.4 Å². The Kier molecular flexibility index (Phi) is 9.93. The molecule has 0 aliphatic rings. The molecule has 0 radical (unpaired) electrons. The lowest BCUT2D eigenvalue weighted by atomic mass is 10.1. The van der Waals surface area contributed by atoms with Crippen molar-refractivity contribution in [3.63, 3.8) is 0 Å². The van der Waals surface area contributed by atoms with E-state index in [1.165, 1.54) is 4.88 Å². The van der Waals surface area contributed by atoms with Gasteiger partial charge in [-0.25, -0.2) is 9.98 Å². The number of guanidine groups is 1. The summed E-state index contributed by atoms with van der Waals surface area (Å²) in [6, 6.07) is 18.4. The molecule has 0 saturated carbocycles. The predicted molar refractivity (Wildman–Crippen MR) is 132 cm³/mol. The van der Waals surface area contributed by atoms with Crippen LogP contribution in [-0.2, 0) is 6.54 Å². The zero-order valence-corrected chi connectivity index (χ0v) is 19.9. The molecule has 5 nitrogen and oxygen atoms in total. The number of thiazole rings is 1. The topological polar surface area (TPSA) is 58.5 Å². The third-order valence-corrected chi connectivity index (χ3v) is 4.91. The van der Waals surface area contributed by atoms with Crippen LogP contribution in [0.2, 0.25) is 0 Å². The molecule has 1 heterocycles. The summed E-state index contributed by atoms with van der Waals surface area (Å²) in [6.45, 7) is 6.69. The second-order valence-electron chi connectivity index (χ2n) is 6.20. The van der Waals surface area contributed by atoms with Crippen molar-refractivity contribution in [1.82, 2.24) is 15.6 Å². The van der Waals surface area contributed by atoms with Crippen molar-refractivity contribution < 1.29 is 4.74 Å². The average molecular weight is 522 g/mol. The molecule has 0 amide bonds. The summed E-state index contributed by atoms with van der Waals surface area (Å²) in [5.41, 5.74) is 2.25. The molecule has 0 spiro atoms. The summed E-state index contributed by atoms with van der Waals surface area (Å²) < 4.78 is 6.03. The van der Waals surface area contributed by atoms with Crippen molar-refractivity contribution in [3.8, 4) is 16.9 Å². The van der Waals surface area contributed by atoms with E-state index in [9.17, 15) is 0 Å². The normalized spacial score (nSPS) is 10.9. The SMILES string of the molecule is CCNC(=NCc1ncc(C)s1)NCCOc1ccccc1-c1ccccc1.I. The minimum atomic E-state index is 0. The van der Waals surface area contributed by atoms with E-state index >= 15 is 0 Å². The minimum absolute atomic E-state index is 0. The molecular formula is C22H27IN4OS. The van der Waals surface area contributed by atoms with Crippen LogP contribution in [0.5, 0.6) is 5.75 Å². The highest BCUT2D eigenvalue weighted by Crippen LogP contribution is 2.29. The van der Waals surface area contributed by atoms with Crippen molar-refractivity contribution in [3.05, 3.63) is 70.7 Å². The van der Waals surface area contributed by atoms with E-state index in [1.807, 2.05) is 42.6 Å². The number of hydrogen-bond donors (Lipinski definition) is 2. The lowest BCUT2D eigenvalue weighted by Gasteiger charge is -2.14. The Labute approximate surface area is 193 Å². The Morgan fingerprint density at radius 2 is 1.83 bits per heavy atom. The number of benzene rings is 2. The third kappa shape index (κ3) is 7.32. The quantitative estimate of drug-likeness (QED) is 0.192. The summed E-state index contributed by atoms with van der Waals surface area (Å²) >= 11 is 1.67. The van der Waals surface area contributed by atoms with Gasteiger partial charge in [0.15, 0.2) is 5.96 Å². The molecule has 154 valence electrons. The molecule has 2 aromatic carbocycles. The van der Waals surface area contributed by atoms with Crippen LogP contribution >= 0.6 is 35.3 Å². The molecule has 29 heavy (non-hydrogen) atoms. The molecule has 2 N–H and O–H groups in total. The number of rotatable bonds is 8. The van der Waals surface area contributed by atoms with E-state index < -0.39 is 0 Å². The summed E-state index contributed by atoms with van der Waals surface area (Å²) in [5.74, 6) is 1.66. The Morgan fingerprint density at radius 1 is 1.07 bits per heavy atom. The third-order valence-electron chi connectivity index (χ3n) is 4.01. The van der Waals surface area contributed by atoms with Gasteiger partial charge < -0.3 is 15.4 Å². The number of para-hydroxylation sites is 1. The standard InChI is InChI=1S/C22H26N4OS.HI/c1-3-23-22(26-16-21-25-15-17(2)28-21)24-13-14-27-20-12-8-7-11-19(20)18-9-5-4-6-10-18;/h4-12,15H,3,13-14,16H2,1-2H3,(H2,23,24,26);1H. The van der Waals surface area contributed by atoms with Gasteiger partial charge in [-0.05, 0) is 25.5 Å². The first-order valence-electron chi connectivity index (χ1n) is 9.47. The molecule has 1 aromatic heterocycles. The van der Waals surface area contributed by atoms with E-state index in [-0.39, 0.29) is 24.0 Å². The number of aromatic nitrogens is 1. The van der Waals surface area contributed by atoms with Gasteiger partial charge in [-0.15, -0.1) is 35.3 Å². The Bertz CT molecular complexity index is 899. The molecule has 0 atom stereocenters. The van der Waals surface area contributed by atoms with Gasteiger partial charge in [0.1, 0.15) is 17.4 Å². The second-order valence-corrected chi connectivity index (χ2v) is 7.52. The van der Waals surface area contributed by atoms with Gasteiger partial charge in [0.05, 0.1) is 13.1 Å². The molecule has 0 bridgehead atoms. The van der Waals surface area contributed by atoms with Crippen molar-refractivity contribution in [2.45, 2.75) is 20.4 Å². The van der Waals surface area contributed by atoms with Gasteiger partial charge in [-0.3, -0.25) is 0 Å². The highest BCUT2D eigenvalue weighted by Gasteiger charge is 2.05. The molecule has 3 aromatic rings. The number of aliphatic imine (C=N–C) groups is 1. The van der Waals surface area contributed by atoms with Crippen LogP contribution in [-0.4, -0.2) is 30.6 Å². The van der Waals surface area contributed by atoms with Gasteiger partial charge in [-0.2, -0.15) is 0 Å². The Morgan fingerprint density at radius 3 is 2.55 bits per heavy atom. The molecule has 0 aliphatic heterocycles. The van der Waals surface area contributed by atoms with Gasteiger partial charge in [-0.1, -0.05) is 48.5 Å². The Hall–Kier alpha value is -2.13. The van der Waals surface area contributed by atoms with Gasteiger partial charge in [0.25, 0.3) is 0 Å². The lowest BCUT2D eigenvalue weighted by Crippen LogP contribution is -2.39. The van der Waals surface area contributed by atoms with Crippen LogP contribution in [0.25, 0.3) is 11.1 Å². The minimum Gasteiger partial charge on any atom is -0.491 e.